The largest absolute Gasteiger partial charge is 0.378 e. The smallest absolute Gasteiger partial charge is 0.254 e. The molecule has 5 aromatic rings. The van der Waals surface area contributed by atoms with Gasteiger partial charge in [-0.2, -0.15) is 5.10 Å². The van der Waals surface area contributed by atoms with Crippen molar-refractivity contribution in [3.05, 3.63) is 84.2 Å². The van der Waals surface area contributed by atoms with Crippen LogP contribution in [0.4, 0.5) is 15.9 Å². The summed E-state index contributed by atoms with van der Waals surface area (Å²) < 4.78 is 18.8. The highest BCUT2D eigenvalue weighted by Crippen LogP contribution is 2.30. The lowest BCUT2D eigenvalue weighted by Crippen LogP contribution is -2.26. The summed E-state index contributed by atoms with van der Waals surface area (Å²) in [6, 6.07) is 14.9. The SMILES string of the molecule is CN(C)c1ccc(-c2cn3c(-c4ccc(C(=O)NC5CC5)c(F)c4)cnc3c(NCc3ccnn3C)n2)cc1. The van der Waals surface area contributed by atoms with Gasteiger partial charge in [-0.05, 0) is 43.2 Å². The van der Waals surface area contributed by atoms with Gasteiger partial charge < -0.3 is 15.5 Å². The number of carbonyl (C=O) groups is 1. The Hall–Kier alpha value is -4.73. The number of aryl methyl sites for hydroxylation is 1. The number of amides is 1. The number of carbonyl (C=O) groups excluding carboxylic acids is 1. The van der Waals surface area contributed by atoms with Crippen LogP contribution in [0.1, 0.15) is 28.9 Å². The summed E-state index contributed by atoms with van der Waals surface area (Å²) in [6.45, 7) is 0.504. The molecule has 198 valence electrons. The maximum absolute atomic E-state index is 15.1. The van der Waals surface area contributed by atoms with Crippen molar-refractivity contribution in [2.75, 3.05) is 24.3 Å². The van der Waals surface area contributed by atoms with E-state index < -0.39 is 5.82 Å². The normalized spacial score (nSPS) is 13.0. The molecule has 0 radical (unpaired) electrons. The van der Waals surface area contributed by atoms with Crippen molar-refractivity contribution < 1.29 is 9.18 Å². The Morgan fingerprint density at radius 3 is 2.54 bits per heavy atom. The van der Waals surface area contributed by atoms with Gasteiger partial charge >= 0.3 is 0 Å². The van der Waals surface area contributed by atoms with Gasteiger partial charge in [-0.1, -0.05) is 18.2 Å². The lowest BCUT2D eigenvalue weighted by atomic mass is 10.1. The van der Waals surface area contributed by atoms with E-state index in [2.05, 4.69) is 20.7 Å². The summed E-state index contributed by atoms with van der Waals surface area (Å²) in [5.41, 5.74) is 5.70. The van der Waals surface area contributed by atoms with Crippen LogP contribution in [0, 0.1) is 5.82 Å². The number of hydrogen-bond acceptors (Lipinski definition) is 6. The third-order valence-electron chi connectivity index (χ3n) is 6.95. The maximum Gasteiger partial charge on any atom is 0.254 e. The van der Waals surface area contributed by atoms with Crippen LogP contribution in [0.25, 0.3) is 28.2 Å². The van der Waals surface area contributed by atoms with E-state index in [9.17, 15) is 4.79 Å². The van der Waals surface area contributed by atoms with Crippen molar-refractivity contribution in [3.63, 3.8) is 0 Å². The van der Waals surface area contributed by atoms with Gasteiger partial charge in [0, 0.05) is 56.4 Å². The Bertz CT molecular complexity index is 1670. The van der Waals surface area contributed by atoms with Gasteiger partial charge in [0.05, 0.1) is 35.4 Å². The number of nitrogens with one attached hydrogen (secondary N) is 2. The second-order valence-corrected chi connectivity index (χ2v) is 10.00. The fourth-order valence-corrected chi connectivity index (χ4v) is 4.49. The molecule has 39 heavy (non-hydrogen) atoms. The number of benzene rings is 2. The van der Waals surface area contributed by atoms with Crippen molar-refractivity contribution in [2.24, 2.45) is 7.05 Å². The first-order valence-corrected chi connectivity index (χ1v) is 12.8. The van der Waals surface area contributed by atoms with Crippen LogP contribution < -0.4 is 15.5 Å². The van der Waals surface area contributed by atoms with E-state index in [0.29, 0.717) is 29.3 Å². The summed E-state index contributed by atoms with van der Waals surface area (Å²) >= 11 is 0. The third kappa shape index (κ3) is 4.93. The highest BCUT2D eigenvalue weighted by atomic mass is 19.1. The van der Waals surface area contributed by atoms with Crippen LogP contribution in [-0.2, 0) is 13.6 Å². The molecule has 10 heteroatoms. The molecule has 2 aromatic carbocycles. The quantitative estimate of drug-likeness (QED) is 0.310. The number of rotatable bonds is 8. The fourth-order valence-electron chi connectivity index (χ4n) is 4.49. The summed E-state index contributed by atoms with van der Waals surface area (Å²) in [4.78, 5) is 24.0. The third-order valence-corrected chi connectivity index (χ3v) is 6.95. The zero-order chi connectivity index (χ0) is 27.1. The Balaban J connectivity index is 1.41. The number of anilines is 2. The molecular weight excluding hydrogens is 495 g/mol. The first-order chi connectivity index (χ1) is 18.9. The summed E-state index contributed by atoms with van der Waals surface area (Å²) in [5, 5.41) is 10.5. The summed E-state index contributed by atoms with van der Waals surface area (Å²) in [6.07, 6.45) is 7.24. The summed E-state index contributed by atoms with van der Waals surface area (Å²) in [5.74, 6) is -0.352. The highest BCUT2D eigenvalue weighted by Gasteiger charge is 2.25. The van der Waals surface area contributed by atoms with Crippen LogP contribution in [0.2, 0.25) is 0 Å². The van der Waals surface area contributed by atoms with Gasteiger partial charge in [-0.3, -0.25) is 13.9 Å². The summed E-state index contributed by atoms with van der Waals surface area (Å²) in [7, 11) is 5.88. The van der Waals surface area contributed by atoms with E-state index in [1.165, 1.54) is 12.1 Å². The Labute approximate surface area is 225 Å². The van der Waals surface area contributed by atoms with Crippen molar-refractivity contribution in [2.45, 2.75) is 25.4 Å². The van der Waals surface area contributed by atoms with Crippen LogP contribution in [-0.4, -0.2) is 50.2 Å². The molecule has 6 rings (SSSR count). The lowest BCUT2D eigenvalue weighted by Gasteiger charge is -2.14. The van der Waals surface area contributed by atoms with Crippen LogP contribution in [0.3, 0.4) is 0 Å². The van der Waals surface area contributed by atoms with Crippen molar-refractivity contribution in [3.8, 4) is 22.5 Å². The average molecular weight is 525 g/mol. The molecule has 1 aliphatic rings. The van der Waals surface area contributed by atoms with E-state index >= 15 is 4.39 Å². The topological polar surface area (TPSA) is 92.4 Å². The Morgan fingerprint density at radius 2 is 1.87 bits per heavy atom. The van der Waals surface area contributed by atoms with Crippen molar-refractivity contribution in [1.29, 1.82) is 0 Å². The number of aromatic nitrogens is 5. The zero-order valence-corrected chi connectivity index (χ0v) is 22.0. The number of hydrogen-bond donors (Lipinski definition) is 2. The minimum atomic E-state index is -0.566. The molecular formula is C29H29FN8O. The maximum atomic E-state index is 15.1. The molecule has 9 nitrogen and oxygen atoms in total. The van der Waals surface area contributed by atoms with E-state index in [1.807, 2.05) is 67.0 Å². The lowest BCUT2D eigenvalue weighted by molar-refractivity contribution is 0.0947. The van der Waals surface area contributed by atoms with Gasteiger partial charge in [0.1, 0.15) is 5.82 Å². The van der Waals surface area contributed by atoms with Crippen LogP contribution in [0.5, 0.6) is 0 Å². The highest BCUT2D eigenvalue weighted by molar-refractivity contribution is 5.95. The molecule has 0 atom stereocenters. The van der Waals surface area contributed by atoms with Gasteiger partial charge in [0.25, 0.3) is 5.91 Å². The van der Waals surface area contributed by atoms with Gasteiger partial charge in [0.15, 0.2) is 11.5 Å². The predicted molar refractivity (Wildman–Crippen MR) is 149 cm³/mol. The number of halogens is 1. The molecule has 1 fully saturated rings. The molecule has 3 aromatic heterocycles. The number of fused-ring (bicyclic) bond motifs is 1. The molecule has 1 amide bonds. The van der Waals surface area contributed by atoms with Crippen LogP contribution >= 0.6 is 0 Å². The van der Waals surface area contributed by atoms with Gasteiger partial charge in [-0.15, -0.1) is 0 Å². The first kappa shape index (κ1) is 24.6. The van der Waals surface area contributed by atoms with E-state index in [4.69, 9.17) is 4.98 Å². The van der Waals surface area contributed by atoms with E-state index in [-0.39, 0.29) is 17.5 Å². The van der Waals surface area contributed by atoms with Gasteiger partial charge in [0.2, 0.25) is 0 Å². The van der Waals surface area contributed by atoms with Crippen LogP contribution in [0.15, 0.2) is 67.1 Å². The first-order valence-electron chi connectivity index (χ1n) is 12.8. The zero-order valence-electron chi connectivity index (χ0n) is 22.0. The van der Waals surface area contributed by atoms with Gasteiger partial charge in [-0.25, -0.2) is 14.4 Å². The molecule has 0 aliphatic heterocycles. The molecule has 3 heterocycles. The Morgan fingerprint density at radius 1 is 1.10 bits per heavy atom. The molecule has 1 saturated carbocycles. The minimum Gasteiger partial charge on any atom is -0.378 e. The van der Waals surface area contributed by atoms with E-state index in [1.54, 1.807) is 23.1 Å². The molecule has 0 saturated heterocycles. The monoisotopic (exact) mass is 524 g/mol. The molecule has 1 aliphatic carbocycles. The Kier molecular flexibility index (Phi) is 6.22. The van der Waals surface area contributed by atoms with Crippen molar-refractivity contribution >= 4 is 23.1 Å². The minimum absolute atomic E-state index is 0.0429. The van der Waals surface area contributed by atoms with E-state index in [0.717, 1.165) is 35.5 Å². The van der Waals surface area contributed by atoms with Crippen molar-refractivity contribution in [1.82, 2.24) is 29.5 Å². The predicted octanol–water partition coefficient (Wildman–Crippen LogP) is 4.51. The molecule has 0 bridgehead atoms. The number of nitrogens with zero attached hydrogens (tertiary/aromatic N) is 6. The fraction of sp³-hybridized carbons (Fsp3) is 0.241. The number of imidazole rings is 1. The second-order valence-electron chi connectivity index (χ2n) is 10.00. The molecule has 0 spiro atoms. The standard InChI is InChI=1S/C29H29FN8O/c1-36(2)21-9-4-18(5-10-21)25-17-38-26(19-6-11-23(24(30)14-19)29(39)34-20-7-8-20)16-32-28(38)27(35-25)31-15-22-12-13-33-37(22)3/h4-6,9-14,16-17,20H,7-8,15H2,1-3H3,(H,31,35)(H,34,39). The molecule has 2 N–H and O–H groups in total. The average Bonchev–Trinajstić information content (AvgIpc) is 3.48. The molecule has 0 unspecified atom stereocenters. The second kappa shape index (κ2) is 9.86.